The highest BCUT2D eigenvalue weighted by Gasteiger charge is 2.27. The van der Waals surface area contributed by atoms with Crippen LogP contribution in [-0.2, 0) is 10.0 Å². The van der Waals surface area contributed by atoms with Gasteiger partial charge in [0.2, 0.25) is 10.0 Å². The molecule has 2 N–H and O–H groups in total. The molecule has 1 aliphatic heterocycles. The molecule has 30 heavy (non-hydrogen) atoms. The van der Waals surface area contributed by atoms with E-state index in [1.807, 2.05) is 45.0 Å². The third-order valence-electron chi connectivity index (χ3n) is 4.90. The van der Waals surface area contributed by atoms with Gasteiger partial charge in [-0.15, -0.1) is 0 Å². The van der Waals surface area contributed by atoms with E-state index in [2.05, 4.69) is 15.6 Å². The molecule has 8 nitrogen and oxygen atoms in total. The van der Waals surface area contributed by atoms with Gasteiger partial charge in [0.15, 0.2) is 17.5 Å². The molecule has 0 bridgehead atoms. The van der Waals surface area contributed by atoms with Gasteiger partial charge in [-0.3, -0.25) is 0 Å². The van der Waals surface area contributed by atoms with Crippen molar-refractivity contribution in [2.75, 3.05) is 39.0 Å². The number of nitrogens with zero attached hydrogens (tertiary/aromatic N) is 2. The lowest BCUT2D eigenvalue weighted by Gasteiger charge is -2.32. The molecule has 170 valence electrons. The molecular formula is C21H36N4O4S. The van der Waals surface area contributed by atoms with Crippen LogP contribution in [0.2, 0.25) is 0 Å². The maximum Gasteiger partial charge on any atom is 0.214 e. The van der Waals surface area contributed by atoms with Crippen LogP contribution in [0.5, 0.6) is 11.5 Å². The Morgan fingerprint density at radius 1 is 1.23 bits per heavy atom. The number of aliphatic imine (C=N–C) groups is 1. The van der Waals surface area contributed by atoms with Crippen molar-refractivity contribution in [3.63, 3.8) is 0 Å². The molecule has 0 aromatic heterocycles. The summed E-state index contributed by atoms with van der Waals surface area (Å²) in [5.74, 6) is 2.34. The SMILES string of the molecule is CCCS(=O)(=O)N1CCC(NC(=NCC(C)Oc2ccccc2OC)NCC)CC1. The molecule has 0 aliphatic carbocycles. The molecular weight excluding hydrogens is 404 g/mol. The lowest BCUT2D eigenvalue weighted by atomic mass is 10.1. The highest BCUT2D eigenvalue weighted by Crippen LogP contribution is 2.26. The Labute approximate surface area is 181 Å². The van der Waals surface area contributed by atoms with Gasteiger partial charge in [-0.25, -0.2) is 17.7 Å². The van der Waals surface area contributed by atoms with E-state index >= 15 is 0 Å². The second-order valence-corrected chi connectivity index (χ2v) is 9.52. The molecule has 9 heteroatoms. The fourth-order valence-corrected chi connectivity index (χ4v) is 4.91. The average Bonchev–Trinajstić information content (AvgIpc) is 2.73. The standard InChI is InChI=1S/C21H36N4O4S/c1-5-15-30(26,27)25-13-11-18(12-14-25)24-21(22-6-2)23-16-17(3)29-20-10-8-7-9-19(20)28-4/h7-10,17-18H,5-6,11-16H2,1-4H3,(H2,22,23,24). The number of benzene rings is 1. The van der Waals surface area contributed by atoms with Crippen LogP contribution in [0.15, 0.2) is 29.3 Å². The first-order chi connectivity index (χ1) is 14.4. The van der Waals surface area contributed by atoms with Gasteiger partial charge < -0.3 is 20.1 Å². The van der Waals surface area contributed by atoms with E-state index in [9.17, 15) is 8.42 Å². The van der Waals surface area contributed by atoms with Gasteiger partial charge in [-0.05, 0) is 45.2 Å². The number of guanidine groups is 1. The van der Waals surface area contributed by atoms with Crippen LogP contribution < -0.4 is 20.1 Å². The number of hydrogen-bond acceptors (Lipinski definition) is 5. The minimum Gasteiger partial charge on any atom is -0.493 e. The molecule has 1 saturated heterocycles. The van der Waals surface area contributed by atoms with Gasteiger partial charge in [-0.1, -0.05) is 19.1 Å². The van der Waals surface area contributed by atoms with Crippen LogP contribution in [-0.4, -0.2) is 69.9 Å². The number of sulfonamides is 1. The van der Waals surface area contributed by atoms with E-state index in [1.54, 1.807) is 11.4 Å². The monoisotopic (exact) mass is 440 g/mol. The predicted octanol–water partition coefficient (Wildman–Crippen LogP) is 2.22. The molecule has 0 saturated carbocycles. The summed E-state index contributed by atoms with van der Waals surface area (Å²) in [6.07, 6.45) is 2.05. The maximum absolute atomic E-state index is 12.2. The molecule has 1 fully saturated rings. The van der Waals surface area contributed by atoms with Crippen molar-refractivity contribution >= 4 is 16.0 Å². The first-order valence-electron chi connectivity index (χ1n) is 10.7. The minimum absolute atomic E-state index is 0.127. The zero-order chi connectivity index (χ0) is 22.0. The second kappa shape index (κ2) is 12.0. The Hall–Kier alpha value is -2.00. The maximum atomic E-state index is 12.2. The van der Waals surface area contributed by atoms with Crippen LogP contribution in [0.3, 0.4) is 0 Å². The number of nitrogens with one attached hydrogen (secondary N) is 2. The van der Waals surface area contributed by atoms with E-state index in [-0.39, 0.29) is 17.9 Å². The molecule has 1 aliphatic rings. The fraction of sp³-hybridized carbons (Fsp3) is 0.667. The van der Waals surface area contributed by atoms with Gasteiger partial charge >= 0.3 is 0 Å². The van der Waals surface area contributed by atoms with E-state index in [0.717, 1.165) is 25.3 Å². The normalized spacial score (nSPS) is 17.4. The quantitative estimate of drug-likeness (QED) is 0.428. The summed E-state index contributed by atoms with van der Waals surface area (Å²) in [5, 5.41) is 6.70. The summed E-state index contributed by atoms with van der Waals surface area (Å²) in [4.78, 5) is 4.65. The first-order valence-corrected chi connectivity index (χ1v) is 12.3. The van der Waals surface area contributed by atoms with E-state index in [1.165, 1.54) is 0 Å². The van der Waals surface area contributed by atoms with Crippen molar-refractivity contribution in [2.24, 2.45) is 4.99 Å². The number of methoxy groups -OCH3 is 1. The van der Waals surface area contributed by atoms with Crippen LogP contribution in [0.1, 0.15) is 40.0 Å². The van der Waals surface area contributed by atoms with Crippen molar-refractivity contribution in [3.8, 4) is 11.5 Å². The molecule has 0 radical (unpaired) electrons. The summed E-state index contributed by atoms with van der Waals surface area (Å²) in [7, 11) is -1.50. The molecule has 1 heterocycles. The highest BCUT2D eigenvalue weighted by molar-refractivity contribution is 7.89. The second-order valence-electron chi connectivity index (χ2n) is 7.43. The number of rotatable bonds is 10. The fourth-order valence-electron chi connectivity index (χ4n) is 3.37. The van der Waals surface area contributed by atoms with Crippen molar-refractivity contribution in [1.29, 1.82) is 0 Å². The van der Waals surface area contributed by atoms with E-state index in [0.29, 0.717) is 37.6 Å². The largest absolute Gasteiger partial charge is 0.493 e. The molecule has 2 rings (SSSR count). The van der Waals surface area contributed by atoms with Crippen molar-refractivity contribution < 1.29 is 17.9 Å². The average molecular weight is 441 g/mol. The third-order valence-corrected chi connectivity index (χ3v) is 6.97. The summed E-state index contributed by atoms with van der Waals surface area (Å²) < 4.78 is 37.4. The predicted molar refractivity (Wildman–Crippen MR) is 121 cm³/mol. The van der Waals surface area contributed by atoms with Crippen LogP contribution in [0.25, 0.3) is 0 Å². The lowest BCUT2D eigenvalue weighted by Crippen LogP contribution is -2.50. The van der Waals surface area contributed by atoms with Gasteiger partial charge in [0.05, 0.1) is 19.4 Å². The van der Waals surface area contributed by atoms with Crippen LogP contribution >= 0.6 is 0 Å². The molecule has 1 aromatic carbocycles. The Kier molecular flexibility index (Phi) is 9.71. The molecule has 1 atom stereocenters. The smallest absolute Gasteiger partial charge is 0.214 e. The lowest BCUT2D eigenvalue weighted by molar-refractivity contribution is 0.219. The summed E-state index contributed by atoms with van der Waals surface area (Å²) in [5.41, 5.74) is 0. The van der Waals surface area contributed by atoms with Gasteiger partial charge in [0.1, 0.15) is 6.10 Å². The Bertz CT molecular complexity index is 777. The van der Waals surface area contributed by atoms with E-state index < -0.39 is 10.0 Å². The number of hydrogen-bond donors (Lipinski definition) is 2. The zero-order valence-electron chi connectivity index (χ0n) is 18.6. The summed E-state index contributed by atoms with van der Waals surface area (Å²) >= 11 is 0. The van der Waals surface area contributed by atoms with Crippen molar-refractivity contribution in [3.05, 3.63) is 24.3 Å². The zero-order valence-corrected chi connectivity index (χ0v) is 19.4. The van der Waals surface area contributed by atoms with Gasteiger partial charge in [-0.2, -0.15) is 0 Å². The molecule has 0 spiro atoms. The molecule has 1 unspecified atom stereocenters. The number of ether oxygens (including phenoxy) is 2. The molecule has 0 amide bonds. The topological polar surface area (TPSA) is 92.3 Å². The number of para-hydroxylation sites is 2. The summed E-state index contributed by atoms with van der Waals surface area (Å²) in [6.45, 7) is 8.21. The van der Waals surface area contributed by atoms with Gasteiger partial charge in [0, 0.05) is 25.7 Å². The Balaban J connectivity index is 1.89. The van der Waals surface area contributed by atoms with E-state index in [4.69, 9.17) is 9.47 Å². The molecule has 1 aromatic rings. The third kappa shape index (κ3) is 7.36. The minimum atomic E-state index is -3.12. The highest BCUT2D eigenvalue weighted by atomic mass is 32.2. The van der Waals surface area contributed by atoms with Crippen molar-refractivity contribution in [2.45, 2.75) is 52.2 Å². The summed E-state index contributed by atoms with van der Waals surface area (Å²) in [6, 6.07) is 7.75. The van der Waals surface area contributed by atoms with Crippen molar-refractivity contribution in [1.82, 2.24) is 14.9 Å². The van der Waals surface area contributed by atoms with Gasteiger partial charge in [0.25, 0.3) is 0 Å². The Morgan fingerprint density at radius 3 is 2.50 bits per heavy atom. The van der Waals surface area contributed by atoms with Crippen LogP contribution in [0, 0.1) is 0 Å². The van der Waals surface area contributed by atoms with Crippen LogP contribution in [0.4, 0.5) is 0 Å². The Morgan fingerprint density at radius 2 is 1.90 bits per heavy atom. The number of piperidine rings is 1. The first kappa shape index (κ1) is 24.3.